The minimum atomic E-state index is -1.03. The Kier molecular flexibility index (Phi) is 4.59. The Bertz CT molecular complexity index is 311. The number of amides is 2. The van der Waals surface area contributed by atoms with Crippen molar-refractivity contribution < 1.29 is 29.4 Å². The molecule has 7 nitrogen and oxygen atoms in total. The molecule has 1 rings (SSSR count). The van der Waals surface area contributed by atoms with Crippen molar-refractivity contribution in [3.63, 3.8) is 0 Å². The van der Waals surface area contributed by atoms with Gasteiger partial charge in [0.25, 0.3) is 11.8 Å². The Morgan fingerprint density at radius 1 is 1.35 bits per heavy atom. The van der Waals surface area contributed by atoms with Gasteiger partial charge >= 0.3 is 5.97 Å². The van der Waals surface area contributed by atoms with Crippen molar-refractivity contribution >= 4 is 17.8 Å². The van der Waals surface area contributed by atoms with Crippen molar-refractivity contribution in [2.75, 3.05) is 0 Å². The molecule has 0 bridgehead atoms. The van der Waals surface area contributed by atoms with Gasteiger partial charge in [0, 0.05) is 12.8 Å². The Morgan fingerprint density at radius 2 is 1.88 bits per heavy atom. The minimum Gasteiger partial charge on any atom is -0.391 e. The predicted molar refractivity (Wildman–Crippen MR) is 54.1 cm³/mol. The van der Waals surface area contributed by atoms with Crippen LogP contribution in [0.2, 0.25) is 0 Å². The summed E-state index contributed by atoms with van der Waals surface area (Å²) in [7, 11) is 0. The SMILES string of the molecule is CC(O)[C@H](O)CCC(=O)ON1C(=O)CCC1=O. The molecule has 0 aliphatic carbocycles. The Morgan fingerprint density at radius 3 is 2.35 bits per heavy atom. The Balaban J connectivity index is 2.35. The first-order chi connectivity index (χ1) is 7.91. The summed E-state index contributed by atoms with van der Waals surface area (Å²) in [6.07, 6.45) is -2.06. The zero-order valence-electron chi connectivity index (χ0n) is 9.46. The fraction of sp³-hybridized carbons (Fsp3) is 0.700. The zero-order chi connectivity index (χ0) is 13.0. The average molecular weight is 245 g/mol. The number of carbonyl (C=O) groups excluding carboxylic acids is 3. The van der Waals surface area contributed by atoms with Crippen LogP contribution < -0.4 is 0 Å². The fourth-order valence-corrected chi connectivity index (χ4v) is 1.31. The maximum atomic E-state index is 11.3. The molecule has 1 unspecified atom stereocenters. The van der Waals surface area contributed by atoms with Crippen molar-refractivity contribution in [3.05, 3.63) is 0 Å². The normalized spacial score (nSPS) is 19.4. The van der Waals surface area contributed by atoms with Crippen LogP contribution >= 0.6 is 0 Å². The summed E-state index contributed by atoms with van der Waals surface area (Å²) in [5.41, 5.74) is 0. The van der Waals surface area contributed by atoms with Crippen molar-refractivity contribution in [2.45, 2.75) is 44.8 Å². The average Bonchev–Trinajstić information content (AvgIpc) is 2.57. The fourth-order valence-electron chi connectivity index (χ4n) is 1.31. The second-order valence-electron chi connectivity index (χ2n) is 3.89. The van der Waals surface area contributed by atoms with Gasteiger partial charge in [0.2, 0.25) is 0 Å². The van der Waals surface area contributed by atoms with E-state index in [-0.39, 0.29) is 25.7 Å². The molecule has 1 heterocycles. The number of nitrogens with zero attached hydrogens (tertiary/aromatic N) is 1. The smallest absolute Gasteiger partial charge is 0.333 e. The van der Waals surface area contributed by atoms with Crippen LogP contribution in [-0.4, -0.2) is 45.3 Å². The number of aliphatic hydroxyl groups is 2. The maximum Gasteiger partial charge on any atom is 0.333 e. The molecule has 96 valence electrons. The zero-order valence-corrected chi connectivity index (χ0v) is 9.46. The summed E-state index contributed by atoms with van der Waals surface area (Å²) in [6.45, 7) is 1.39. The number of hydrogen-bond acceptors (Lipinski definition) is 6. The van der Waals surface area contributed by atoms with E-state index in [4.69, 9.17) is 5.11 Å². The first-order valence-electron chi connectivity index (χ1n) is 5.34. The molecule has 1 aliphatic rings. The molecule has 0 aromatic carbocycles. The van der Waals surface area contributed by atoms with Crippen LogP contribution in [0.4, 0.5) is 0 Å². The first-order valence-corrected chi connectivity index (χ1v) is 5.34. The van der Waals surface area contributed by atoms with Gasteiger partial charge in [-0.05, 0) is 13.3 Å². The summed E-state index contributed by atoms with van der Waals surface area (Å²) >= 11 is 0. The third kappa shape index (κ3) is 3.79. The second kappa shape index (κ2) is 5.74. The molecule has 2 N–H and O–H groups in total. The maximum absolute atomic E-state index is 11.3. The molecule has 0 aromatic rings. The number of hydrogen-bond donors (Lipinski definition) is 2. The van der Waals surface area contributed by atoms with E-state index in [0.717, 1.165) is 0 Å². The summed E-state index contributed by atoms with van der Waals surface area (Å²) in [4.78, 5) is 38.0. The van der Waals surface area contributed by atoms with Crippen LogP contribution in [0.5, 0.6) is 0 Å². The predicted octanol–water partition coefficient (Wildman–Crippen LogP) is -0.885. The van der Waals surface area contributed by atoms with Crippen molar-refractivity contribution in [1.29, 1.82) is 0 Å². The van der Waals surface area contributed by atoms with Gasteiger partial charge in [-0.15, -0.1) is 5.06 Å². The lowest BCUT2D eigenvalue weighted by Gasteiger charge is -2.15. The van der Waals surface area contributed by atoms with E-state index >= 15 is 0 Å². The van der Waals surface area contributed by atoms with E-state index < -0.39 is 30.0 Å². The minimum absolute atomic E-state index is 0.00667. The van der Waals surface area contributed by atoms with Gasteiger partial charge in [-0.1, -0.05) is 0 Å². The van der Waals surface area contributed by atoms with Crippen LogP contribution in [-0.2, 0) is 19.2 Å². The number of rotatable bonds is 5. The molecular formula is C10H15NO6. The molecular weight excluding hydrogens is 230 g/mol. The van der Waals surface area contributed by atoms with Crippen LogP contribution in [0, 0.1) is 0 Å². The summed E-state index contributed by atoms with van der Waals surface area (Å²) in [6, 6.07) is 0. The van der Waals surface area contributed by atoms with Crippen molar-refractivity contribution in [1.82, 2.24) is 5.06 Å². The Labute approximate surface area is 97.9 Å². The molecule has 7 heteroatoms. The first kappa shape index (κ1) is 13.6. The number of carbonyl (C=O) groups is 3. The molecule has 0 saturated carbocycles. The highest BCUT2D eigenvalue weighted by Gasteiger charge is 2.32. The monoisotopic (exact) mass is 245 g/mol. The quantitative estimate of drug-likeness (QED) is 0.609. The molecule has 2 amide bonds. The van der Waals surface area contributed by atoms with E-state index in [9.17, 15) is 19.5 Å². The van der Waals surface area contributed by atoms with E-state index in [1.165, 1.54) is 6.92 Å². The lowest BCUT2D eigenvalue weighted by molar-refractivity contribution is -0.197. The van der Waals surface area contributed by atoms with Gasteiger partial charge < -0.3 is 15.1 Å². The molecule has 2 atom stereocenters. The van der Waals surface area contributed by atoms with Gasteiger partial charge in [-0.3, -0.25) is 9.59 Å². The molecule has 1 aliphatic heterocycles. The van der Waals surface area contributed by atoms with Crippen LogP contribution in [0.3, 0.4) is 0 Å². The van der Waals surface area contributed by atoms with E-state index in [1.807, 2.05) is 0 Å². The largest absolute Gasteiger partial charge is 0.391 e. The standard InChI is InChI=1S/C10H15NO6/c1-6(12)7(13)2-5-10(16)17-11-8(14)3-4-9(11)15/h6-7,12-13H,2-5H2,1H3/t6?,7-/m1/s1. The van der Waals surface area contributed by atoms with Crippen LogP contribution in [0.1, 0.15) is 32.6 Å². The highest BCUT2D eigenvalue weighted by Crippen LogP contribution is 2.13. The summed E-state index contributed by atoms with van der Waals surface area (Å²) in [5, 5.41) is 18.7. The van der Waals surface area contributed by atoms with Gasteiger partial charge in [-0.2, -0.15) is 0 Å². The highest BCUT2D eigenvalue weighted by atomic mass is 16.7. The molecule has 0 radical (unpaired) electrons. The molecule has 0 spiro atoms. The van der Waals surface area contributed by atoms with Crippen molar-refractivity contribution in [2.24, 2.45) is 0 Å². The van der Waals surface area contributed by atoms with Gasteiger partial charge in [0.1, 0.15) is 0 Å². The summed E-state index contributed by atoms with van der Waals surface area (Å²) < 4.78 is 0. The lowest BCUT2D eigenvalue weighted by Crippen LogP contribution is -2.32. The molecule has 1 fully saturated rings. The summed E-state index contributed by atoms with van der Waals surface area (Å²) in [5.74, 6) is -1.87. The molecule has 1 saturated heterocycles. The van der Waals surface area contributed by atoms with Gasteiger partial charge in [-0.25, -0.2) is 4.79 Å². The molecule has 0 aromatic heterocycles. The van der Waals surface area contributed by atoms with E-state index in [0.29, 0.717) is 5.06 Å². The van der Waals surface area contributed by atoms with E-state index in [2.05, 4.69) is 4.84 Å². The van der Waals surface area contributed by atoms with E-state index in [1.54, 1.807) is 0 Å². The van der Waals surface area contributed by atoms with Gasteiger partial charge in [0.05, 0.1) is 18.6 Å². The Hall–Kier alpha value is -1.47. The third-order valence-corrected chi connectivity index (χ3v) is 2.40. The van der Waals surface area contributed by atoms with Crippen molar-refractivity contribution in [3.8, 4) is 0 Å². The number of aliphatic hydroxyl groups excluding tert-OH is 2. The topological polar surface area (TPSA) is 104 Å². The van der Waals surface area contributed by atoms with Gasteiger partial charge in [0.15, 0.2) is 0 Å². The third-order valence-electron chi connectivity index (χ3n) is 2.40. The number of hydroxylamine groups is 2. The second-order valence-corrected chi connectivity index (χ2v) is 3.89. The highest BCUT2D eigenvalue weighted by molar-refractivity contribution is 6.01. The van der Waals surface area contributed by atoms with Crippen LogP contribution in [0.25, 0.3) is 0 Å². The number of imide groups is 1. The lowest BCUT2D eigenvalue weighted by atomic mass is 10.1. The van der Waals surface area contributed by atoms with Crippen LogP contribution in [0.15, 0.2) is 0 Å². The molecule has 17 heavy (non-hydrogen) atoms.